The highest BCUT2D eigenvalue weighted by Gasteiger charge is 2.31. The number of hydrogen-bond acceptors (Lipinski definition) is 4. The van der Waals surface area contributed by atoms with Crippen molar-refractivity contribution in [1.82, 2.24) is 9.88 Å². The molecule has 0 spiro atoms. The Morgan fingerprint density at radius 2 is 1.82 bits per heavy atom. The number of ether oxygens (including phenoxy) is 1. The van der Waals surface area contributed by atoms with Gasteiger partial charge in [0.05, 0.1) is 29.8 Å². The fourth-order valence-electron chi connectivity index (χ4n) is 4.43. The highest BCUT2D eigenvalue weighted by atomic mass is 35.5. The van der Waals surface area contributed by atoms with Gasteiger partial charge in [-0.25, -0.2) is 0 Å². The molecule has 1 aromatic heterocycles. The van der Waals surface area contributed by atoms with Crippen LogP contribution in [0.25, 0.3) is 0 Å². The van der Waals surface area contributed by atoms with Crippen LogP contribution in [0, 0.1) is 0 Å². The van der Waals surface area contributed by atoms with Crippen LogP contribution in [0.15, 0.2) is 67.0 Å². The minimum Gasteiger partial charge on any atom is -0.373 e. The van der Waals surface area contributed by atoms with Gasteiger partial charge in [0.25, 0.3) is 11.8 Å². The standard InChI is InChI=1S/C26H24ClN3O3/c27-23-6-2-4-20-16-30(26(32)24(20)23)21-5-1-3-19(15-21)25(31)29-13-9-22(10-14-29)33-17-18-7-11-28-12-8-18/h1-8,11-12,15,22H,9-10,13-14,16-17H2. The normalized spacial score (nSPS) is 16.2. The lowest BCUT2D eigenvalue weighted by Crippen LogP contribution is -2.40. The number of halogens is 1. The first-order valence-corrected chi connectivity index (χ1v) is 11.5. The van der Waals surface area contributed by atoms with Gasteiger partial charge in [-0.1, -0.05) is 29.8 Å². The number of nitrogens with zero attached hydrogens (tertiary/aromatic N) is 3. The smallest absolute Gasteiger partial charge is 0.260 e. The molecular weight excluding hydrogens is 438 g/mol. The zero-order chi connectivity index (χ0) is 22.8. The molecule has 7 heteroatoms. The third-order valence-corrected chi connectivity index (χ3v) is 6.57. The molecule has 0 atom stereocenters. The van der Waals surface area contributed by atoms with Gasteiger partial charge in [-0.05, 0) is 60.4 Å². The molecule has 1 saturated heterocycles. The second kappa shape index (κ2) is 9.33. The molecule has 0 saturated carbocycles. The maximum atomic E-state index is 13.2. The van der Waals surface area contributed by atoms with E-state index in [2.05, 4.69) is 4.98 Å². The number of amides is 2. The predicted octanol–water partition coefficient (Wildman–Crippen LogP) is 4.72. The van der Waals surface area contributed by atoms with E-state index in [1.54, 1.807) is 35.5 Å². The first-order chi connectivity index (χ1) is 16.1. The van der Waals surface area contributed by atoms with Gasteiger partial charge in [0, 0.05) is 36.7 Å². The summed E-state index contributed by atoms with van der Waals surface area (Å²) in [5.74, 6) is -0.154. The van der Waals surface area contributed by atoms with Crippen LogP contribution in [0.3, 0.4) is 0 Å². The third-order valence-electron chi connectivity index (χ3n) is 6.26. The van der Waals surface area contributed by atoms with Gasteiger partial charge in [0.1, 0.15) is 0 Å². The molecule has 2 amide bonds. The van der Waals surface area contributed by atoms with Gasteiger partial charge < -0.3 is 14.5 Å². The van der Waals surface area contributed by atoms with E-state index in [0.29, 0.717) is 48.1 Å². The molecule has 2 aliphatic rings. The number of fused-ring (bicyclic) bond motifs is 1. The first-order valence-electron chi connectivity index (χ1n) is 11.1. The Morgan fingerprint density at radius 3 is 2.58 bits per heavy atom. The van der Waals surface area contributed by atoms with Crippen molar-refractivity contribution >= 4 is 29.1 Å². The summed E-state index contributed by atoms with van der Waals surface area (Å²) < 4.78 is 6.02. The van der Waals surface area contributed by atoms with E-state index in [1.807, 2.05) is 41.3 Å². The summed E-state index contributed by atoms with van der Waals surface area (Å²) in [5, 5.41) is 0.459. The number of anilines is 1. The van der Waals surface area contributed by atoms with E-state index in [4.69, 9.17) is 16.3 Å². The van der Waals surface area contributed by atoms with Gasteiger partial charge in [-0.2, -0.15) is 0 Å². The second-order valence-corrected chi connectivity index (χ2v) is 8.78. The highest BCUT2D eigenvalue weighted by molar-refractivity contribution is 6.35. The lowest BCUT2D eigenvalue weighted by Gasteiger charge is -2.32. The van der Waals surface area contributed by atoms with E-state index in [0.717, 1.165) is 24.0 Å². The van der Waals surface area contributed by atoms with Crippen molar-refractivity contribution in [2.75, 3.05) is 18.0 Å². The van der Waals surface area contributed by atoms with E-state index in [1.165, 1.54) is 0 Å². The third kappa shape index (κ3) is 4.49. The summed E-state index contributed by atoms with van der Waals surface area (Å²) in [7, 11) is 0. The number of benzene rings is 2. The molecule has 2 aliphatic heterocycles. The minimum absolute atomic E-state index is 0.0216. The van der Waals surface area contributed by atoms with Crippen LogP contribution in [-0.2, 0) is 17.9 Å². The number of rotatable bonds is 5. The minimum atomic E-state index is -0.132. The van der Waals surface area contributed by atoms with Crippen LogP contribution in [0.2, 0.25) is 5.02 Å². The van der Waals surface area contributed by atoms with Crippen molar-refractivity contribution < 1.29 is 14.3 Å². The largest absolute Gasteiger partial charge is 0.373 e. The molecule has 3 aromatic rings. The summed E-state index contributed by atoms with van der Waals surface area (Å²) >= 11 is 6.25. The van der Waals surface area contributed by atoms with E-state index in [-0.39, 0.29) is 17.9 Å². The number of piperidine rings is 1. The Labute approximate surface area is 197 Å². The molecule has 0 bridgehead atoms. The summed E-state index contributed by atoms with van der Waals surface area (Å²) in [5.41, 5.74) is 3.83. The average Bonchev–Trinajstić information content (AvgIpc) is 3.21. The van der Waals surface area contributed by atoms with Gasteiger partial charge in [-0.15, -0.1) is 0 Å². The van der Waals surface area contributed by atoms with Crippen molar-refractivity contribution in [3.63, 3.8) is 0 Å². The van der Waals surface area contributed by atoms with Crippen LogP contribution >= 0.6 is 11.6 Å². The molecule has 3 heterocycles. The summed E-state index contributed by atoms with van der Waals surface area (Å²) in [6.07, 6.45) is 5.26. The number of carbonyl (C=O) groups is 2. The topological polar surface area (TPSA) is 62.7 Å². The Balaban J connectivity index is 1.21. The van der Waals surface area contributed by atoms with Crippen LogP contribution in [0.1, 0.15) is 44.7 Å². The molecule has 0 aliphatic carbocycles. The lowest BCUT2D eigenvalue weighted by atomic mass is 10.1. The molecule has 0 radical (unpaired) electrons. The zero-order valence-electron chi connectivity index (χ0n) is 18.1. The maximum absolute atomic E-state index is 13.2. The quantitative estimate of drug-likeness (QED) is 0.551. The molecule has 2 aromatic carbocycles. The molecule has 0 N–H and O–H groups in total. The molecule has 5 rings (SSSR count). The van der Waals surface area contributed by atoms with Crippen LogP contribution < -0.4 is 4.90 Å². The summed E-state index contributed by atoms with van der Waals surface area (Å²) in [4.78, 5) is 33.6. The fourth-order valence-corrected chi connectivity index (χ4v) is 4.71. The number of carbonyl (C=O) groups excluding carboxylic acids is 2. The van der Waals surface area contributed by atoms with E-state index < -0.39 is 0 Å². The van der Waals surface area contributed by atoms with Crippen molar-refractivity contribution in [2.45, 2.75) is 32.1 Å². The SMILES string of the molecule is O=C(c1cccc(N2Cc3cccc(Cl)c3C2=O)c1)N1CCC(OCc2ccncc2)CC1. The molecule has 33 heavy (non-hydrogen) atoms. The Bertz CT molecular complexity index is 1180. The lowest BCUT2D eigenvalue weighted by molar-refractivity contribution is -0.000406. The summed E-state index contributed by atoms with van der Waals surface area (Å²) in [6.45, 7) is 2.30. The van der Waals surface area contributed by atoms with Gasteiger partial charge >= 0.3 is 0 Å². The molecule has 0 unspecified atom stereocenters. The zero-order valence-corrected chi connectivity index (χ0v) is 18.9. The van der Waals surface area contributed by atoms with Crippen molar-refractivity contribution in [3.8, 4) is 0 Å². The monoisotopic (exact) mass is 461 g/mol. The Morgan fingerprint density at radius 1 is 1.06 bits per heavy atom. The molecular formula is C26H24ClN3O3. The average molecular weight is 462 g/mol. The van der Waals surface area contributed by atoms with Gasteiger partial charge in [0.2, 0.25) is 0 Å². The van der Waals surface area contributed by atoms with Crippen molar-refractivity contribution in [3.05, 3.63) is 94.3 Å². The predicted molar refractivity (Wildman–Crippen MR) is 126 cm³/mol. The van der Waals surface area contributed by atoms with Crippen molar-refractivity contribution in [2.24, 2.45) is 0 Å². The molecule has 168 valence electrons. The van der Waals surface area contributed by atoms with Gasteiger partial charge in [0.15, 0.2) is 0 Å². The van der Waals surface area contributed by atoms with E-state index >= 15 is 0 Å². The van der Waals surface area contributed by atoms with E-state index in [9.17, 15) is 9.59 Å². The number of aromatic nitrogens is 1. The first kappa shape index (κ1) is 21.6. The van der Waals surface area contributed by atoms with Crippen LogP contribution in [-0.4, -0.2) is 40.9 Å². The molecule has 1 fully saturated rings. The highest BCUT2D eigenvalue weighted by Crippen LogP contribution is 2.33. The Hall–Kier alpha value is -3.22. The number of hydrogen-bond donors (Lipinski definition) is 0. The second-order valence-electron chi connectivity index (χ2n) is 8.37. The molecule has 6 nitrogen and oxygen atoms in total. The van der Waals surface area contributed by atoms with Crippen LogP contribution in [0.4, 0.5) is 5.69 Å². The summed E-state index contributed by atoms with van der Waals surface area (Å²) in [6, 6.07) is 16.7. The number of likely N-dealkylation sites (tertiary alicyclic amines) is 1. The van der Waals surface area contributed by atoms with Crippen molar-refractivity contribution in [1.29, 1.82) is 0 Å². The maximum Gasteiger partial charge on any atom is 0.260 e. The fraction of sp³-hybridized carbons (Fsp3) is 0.269. The number of pyridine rings is 1. The van der Waals surface area contributed by atoms with Crippen LogP contribution in [0.5, 0.6) is 0 Å². The van der Waals surface area contributed by atoms with Gasteiger partial charge in [-0.3, -0.25) is 14.6 Å². The Kier molecular flexibility index (Phi) is 6.11.